The summed E-state index contributed by atoms with van der Waals surface area (Å²) in [6.45, 7) is 1.10. The van der Waals surface area contributed by atoms with Gasteiger partial charge in [-0.05, 0) is 30.5 Å². The summed E-state index contributed by atoms with van der Waals surface area (Å²) in [5.74, 6) is 0. The predicted octanol–water partition coefficient (Wildman–Crippen LogP) is 2.30. The molecule has 1 heterocycles. The number of halogens is 1. The number of nitrogens with zero attached hydrogens (tertiary/aromatic N) is 1. The summed E-state index contributed by atoms with van der Waals surface area (Å²) in [6, 6.07) is 3.96. The number of nitrogens with two attached hydrogens (primary N) is 1. The van der Waals surface area contributed by atoms with Gasteiger partial charge < -0.3 is 10.6 Å². The molecule has 1 aliphatic rings. The molecule has 0 saturated heterocycles. The fourth-order valence-corrected chi connectivity index (χ4v) is 1.97. The third-order valence-corrected chi connectivity index (χ3v) is 2.88. The summed E-state index contributed by atoms with van der Waals surface area (Å²) in [5.41, 5.74) is 8.97. The van der Waals surface area contributed by atoms with Crippen molar-refractivity contribution in [1.82, 2.24) is 0 Å². The first-order valence-electron chi connectivity index (χ1n) is 4.47. The van der Waals surface area contributed by atoms with Crippen molar-refractivity contribution in [2.24, 2.45) is 0 Å². The van der Waals surface area contributed by atoms with E-state index >= 15 is 0 Å². The van der Waals surface area contributed by atoms with Crippen LogP contribution in [-0.4, -0.2) is 13.6 Å². The van der Waals surface area contributed by atoms with Gasteiger partial charge in [0.15, 0.2) is 0 Å². The lowest BCUT2D eigenvalue weighted by atomic mass is 10.0. The molecule has 0 atom stereocenters. The zero-order chi connectivity index (χ0) is 9.42. The summed E-state index contributed by atoms with van der Waals surface area (Å²) in [4.78, 5) is 2.23. The van der Waals surface area contributed by atoms with Crippen LogP contribution >= 0.6 is 11.6 Å². The van der Waals surface area contributed by atoms with Crippen LogP contribution in [0.2, 0.25) is 5.02 Å². The Kier molecular flexibility index (Phi) is 2.08. The number of aryl methyl sites for hydroxylation is 1. The van der Waals surface area contributed by atoms with E-state index in [9.17, 15) is 0 Å². The molecule has 0 bridgehead atoms. The van der Waals surface area contributed by atoms with Gasteiger partial charge in [-0.1, -0.05) is 11.6 Å². The van der Waals surface area contributed by atoms with Gasteiger partial charge in [-0.15, -0.1) is 0 Å². The van der Waals surface area contributed by atoms with E-state index in [2.05, 4.69) is 11.9 Å². The molecule has 0 saturated carbocycles. The predicted molar refractivity (Wildman–Crippen MR) is 57.5 cm³/mol. The maximum Gasteiger partial charge on any atom is 0.0656 e. The van der Waals surface area contributed by atoms with Crippen LogP contribution in [0.5, 0.6) is 0 Å². The minimum absolute atomic E-state index is 0.660. The smallest absolute Gasteiger partial charge is 0.0656 e. The minimum atomic E-state index is 0.660. The number of fused-ring (bicyclic) bond motifs is 1. The lowest BCUT2D eigenvalue weighted by Gasteiger charge is -2.27. The highest BCUT2D eigenvalue weighted by atomic mass is 35.5. The largest absolute Gasteiger partial charge is 0.398 e. The summed E-state index contributed by atoms with van der Waals surface area (Å²) in [6.07, 6.45) is 2.31. The second-order valence-corrected chi connectivity index (χ2v) is 3.93. The molecular weight excluding hydrogens is 184 g/mol. The maximum absolute atomic E-state index is 5.96. The average Bonchev–Trinajstić information content (AvgIpc) is 2.09. The van der Waals surface area contributed by atoms with Crippen molar-refractivity contribution in [3.05, 3.63) is 22.7 Å². The highest BCUT2D eigenvalue weighted by molar-refractivity contribution is 6.33. The molecule has 0 spiro atoms. The van der Waals surface area contributed by atoms with Gasteiger partial charge in [-0.25, -0.2) is 0 Å². The number of hydrogen-bond donors (Lipinski definition) is 1. The first kappa shape index (κ1) is 8.70. The SMILES string of the molecule is CN1CCCc2cc(N)c(Cl)cc21. The Labute approximate surface area is 83.3 Å². The Morgan fingerprint density at radius 1 is 1.46 bits per heavy atom. The average molecular weight is 197 g/mol. The van der Waals surface area contributed by atoms with Crippen molar-refractivity contribution in [3.63, 3.8) is 0 Å². The van der Waals surface area contributed by atoms with Gasteiger partial charge in [0.05, 0.1) is 10.7 Å². The Balaban J connectivity index is 2.52. The molecule has 1 aromatic rings. The fraction of sp³-hybridized carbons (Fsp3) is 0.400. The lowest BCUT2D eigenvalue weighted by molar-refractivity contribution is 0.745. The van der Waals surface area contributed by atoms with E-state index in [4.69, 9.17) is 17.3 Å². The summed E-state index contributed by atoms with van der Waals surface area (Å²) in [7, 11) is 2.09. The molecule has 2 nitrogen and oxygen atoms in total. The topological polar surface area (TPSA) is 29.3 Å². The van der Waals surface area contributed by atoms with Crippen molar-refractivity contribution in [2.75, 3.05) is 24.2 Å². The summed E-state index contributed by atoms with van der Waals surface area (Å²) < 4.78 is 0. The van der Waals surface area contributed by atoms with Gasteiger partial charge in [0.2, 0.25) is 0 Å². The molecular formula is C10H13ClN2. The van der Waals surface area contributed by atoms with Gasteiger partial charge in [0, 0.05) is 19.3 Å². The molecule has 3 heteroatoms. The van der Waals surface area contributed by atoms with E-state index in [-0.39, 0.29) is 0 Å². The molecule has 0 aromatic heterocycles. The van der Waals surface area contributed by atoms with Gasteiger partial charge in [-0.2, -0.15) is 0 Å². The Morgan fingerprint density at radius 2 is 2.23 bits per heavy atom. The van der Waals surface area contributed by atoms with Crippen LogP contribution in [0.15, 0.2) is 12.1 Å². The number of anilines is 2. The fourth-order valence-electron chi connectivity index (χ4n) is 1.81. The Morgan fingerprint density at radius 3 is 3.00 bits per heavy atom. The van der Waals surface area contributed by atoms with Crippen molar-refractivity contribution in [1.29, 1.82) is 0 Å². The standard InChI is InChI=1S/C10H13ClN2/c1-13-4-2-3-7-5-9(12)8(11)6-10(7)13/h5-6H,2-4,12H2,1H3. The molecule has 0 unspecified atom stereocenters. The van der Waals surface area contributed by atoms with E-state index < -0.39 is 0 Å². The van der Waals surface area contributed by atoms with Crippen LogP contribution in [0.1, 0.15) is 12.0 Å². The zero-order valence-corrected chi connectivity index (χ0v) is 8.43. The van der Waals surface area contributed by atoms with Crippen LogP contribution in [0.4, 0.5) is 11.4 Å². The molecule has 0 amide bonds. The van der Waals surface area contributed by atoms with E-state index in [1.807, 2.05) is 12.1 Å². The van der Waals surface area contributed by atoms with Crippen LogP contribution < -0.4 is 10.6 Å². The Bertz CT molecular complexity index is 336. The van der Waals surface area contributed by atoms with Crippen LogP contribution in [-0.2, 0) is 6.42 Å². The van der Waals surface area contributed by atoms with E-state index in [1.165, 1.54) is 17.7 Å². The third kappa shape index (κ3) is 1.46. The van der Waals surface area contributed by atoms with Gasteiger partial charge in [0.1, 0.15) is 0 Å². The van der Waals surface area contributed by atoms with Crippen LogP contribution in [0.25, 0.3) is 0 Å². The first-order chi connectivity index (χ1) is 6.18. The van der Waals surface area contributed by atoms with Gasteiger partial charge in [0.25, 0.3) is 0 Å². The molecule has 0 radical (unpaired) electrons. The molecule has 70 valence electrons. The van der Waals surface area contributed by atoms with Crippen LogP contribution in [0.3, 0.4) is 0 Å². The second kappa shape index (κ2) is 3.11. The molecule has 13 heavy (non-hydrogen) atoms. The molecule has 2 N–H and O–H groups in total. The second-order valence-electron chi connectivity index (χ2n) is 3.53. The number of nitrogen functional groups attached to an aromatic ring is 1. The van der Waals surface area contributed by atoms with Crippen molar-refractivity contribution < 1.29 is 0 Å². The highest BCUT2D eigenvalue weighted by Crippen LogP contribution is 2.32. The lowest BCUT2D eigenvalue weighted by Crippen LogP contribution is -2.24. The normalized spacial score (nSPS) is 15.7. The van der Waals surface area contributed by atoms with Gasteiger partial charge >= 0.3 is 0 Å². The van der Waals surface area contributed by atoms with E-state index in [0.29, 0.717) is 10.7 Å². The quantitative estimate of drug-likeness (QED) is 0.646. The van der Waals surface area contributed by atoms with Crippen molar-refractivity contribution >= 4 is 23.0 Å². The number of benzene rings is 1. The molecule has 0 fully saturated rings. The molecule has 0 aliphatic carbocycles. The van der Waals surface area contributed by atoms with E-state index in [0.717, 1.165) is 13.0 Å². The summed E-state index contributed by atoms with van der Waals surface area (Å²) >= 11 is 5.96. The van der Waals surface area contributed by atoms with E-state index in [1.54, 1.807) is 0 Å². The van der Waals surface area contributed by atoms with Gasteiger partial charge in [-0.3, -0.25) is 0 Å². The number of rotatable bonds is 0. The molecule has 2 rings (SSSR count). The zero-order valence-electron chi connectivity index (χ0n) is 7.68. The minimum Gasteiger partial charge on any atom is -0.398 e. The van der Waals surface area contributed by atoms with Crippen molar-refractivity contribution in [2.45, 2.75) is 12.8 Å². The van der Waals surface area contributed by atoms with Crippen LogP contribution in [0, 0.1) is 0 Å². The molecule has 1 aliphatic heterocycles. The molecule has 1 aromatic carbocycles. The highest BCUT2D eigenvalue weighted by Gasteiger charge is 2.14. The summed E-state index contributed by atoms with van der Waals surface area (Å²) in [5, 5.41) is 0.660. The monoisotopic (exact) mass is 196 g/mol. The first-order valence-corrected chi connectivity index (χ1v) is 4.85. The number of hydrogen-bond acceptors (Lipinski definition) is 2. The Hall–Kier alpha value is -0.890. The maximum atomic E-state index is 5.96. The van der Waals surface area contributed by atoms with Crippen molar-refractivity contribution in [3.8, 4) is 0 Å². The third-order valence-electron chi connectivity index (χ3n) is 2.55.